The van der Waals surface area contributed by atoms with Crippen LogP contribution in [0.5, 0.6) is 0 Å². The molecule has 0 aliphatic carbocycles. The number of alkyl halides is 1. The van der Waals surface area contributed by atoms with Crippen molar-refractivity contribution in [2.45, 2.75) is 19.2 Å². The Labute approximate surface area is 145 Å². The number of H-pyrrole nitrogens is 1. The van der Waals surface area contributed by atoms with Crippen LogP contribution >= 0.6 is 31.9 Å². The highest BCUT2D eigenvalue weighted by molar-refractivity contribution is 9.10. The van der Waals surface area contributed by atoms with Gasteiger partial charge in [-0.15, -0.1) is 0 Å². The first kappa shape index (κ1) is 17.0. The van der Waals surface area contributed by atoms with Crippen LogP contribution in [-0.4, -0.2) is 23.3 Å². The number of carbonyl (C=O) groups excluding carboxylic acids is 2. The quantitative estimate of drug-likeness (QED) is 0.436. The fourth-order valence-corrected chi connectivity index (χ4v) is 3.07. The average molecular weight is 429 g/mol. The van der Waals surface area contributed by atoms with Crippen LogP contribution in [-0.2, 0) is 10.1 Å². The number of esters is 1. The molecule has 116 valence electrons. The van der Waals surface area contributed by atoms with E-state index < -0.39 is 5.97 Å². The van der Waals surface area contributed by atoms with Gasteiger partial charge in [-0.25, -0.2) is 4.79 Å². The van der Waals surface area contributed by atoms with Gasteiger partial charge in [-0.3, -0.25) is 4.79 Å². The van der Waals surface area contributed by atoms with Gasteiger partial charge in [-0.2, -0.15) is 0 Å². The van der Waals surface area contributed by atoms with Gasteiger partial charge in [0.15, 0.2) is 5.78 Å². The van der Waals surface area contributed by atoms with Crippen molar-refractivity contribution in [3.05, 3.63) is 56.8 Å². The van der Waals surface area contributed by atoms with Crippen molar-refractivity contribution in [1.29, 1.82) is 0 Å². The molecule has 22 heavy (non-hydrogen) atoms. The van der Waals surface area contributed by atoms with E-state index in [1.165, 1.54) is 0 Å². The lowest BCUT2D eigenvalue weighted by atomic mass is 10.00. The lowest BCUT2D eigenvalue weighted by Gasteiger charge is -2.04. The maximum atomic E-state index is 12.8. The minimum Gasteiger partial charge on any atom is -0.461 e. The summed E-state index contributed by atoms with van der Waals surface area (Å²) >= 11 is 6.72. The smallest absolute Gasteiger partial charge is 0.355 e. The number of nitrogens with one attached hydrogen (secondary N) is 1. The van der Waals surface area contributed by atoms with Crippen LogP contribution < -0.4 is 0 Å². The summed E-state index contributed by atoms with van der Waals surface area (Å²) in [5.74, 6) is -0.574. The van der Waals surface area contributed by atoms with E-state index in [0.29, 0.717) is 33.4 Å². The Morgan fingerprint density at radius 1 is 1.32 bits per heavy atom. The van der Waals surface area contributed by atoms with Crippen molar-refractivity contribution in [3.63, 3.8) is 0 Å². The zero-order valence-corrected chi connectivity index (χ0v) is 15.4. The molecule has 2 aromatic rings. The van der Waals surface area contributed by atoms with Gasteiger partial charge in [0, 0.05) is 26.6 Å². The van der Waals surface area contributed by atoms with Gasteiger partial charge >= 0.3 is 5.97 Å². The van der Waals surface area contributed by atoms with E-state index in [0.717, 1.165) is 4.47 Å². The van der Waals surface area contributed by atoms with E-state index in [1.54, 1.807) is 32.0 Å². The molecule has 1 heterocycles. The second kappa shape index (κ2) is 7.24. The first-order valence-corrected chi connectivity index (χ1v) is 8.65. The van der Waals surface area contributed by atoms with Crippen molar-refractivity contribution in [2.24, 2.45) is 0 Å². The third-order valence-corrected chi connectivity index (χ3v) is 4.31. The summed E-state index contributed by atoms with van der Waals surface area (Å²) in [6, 6.07) is 7.17. The van der Waals surface area contributed by atoms with E-state index >= 15 is 0 Å². The third-order valence-electron chi connectivity index (χ3n) is 3.25. The predicted octanol–water partition coefficient (Wildman–Crippen LogP) is 4.39. The molecule has 0 fully saturated rings. The molecule has 0 unspecified atom stereocenters. The summed E-state index contributed by atoms with van der Waals surface area (Å²) in [7, 11) is 0. The summed E-state index contributed by atoms with van der Waals surface area (Å²) in [6.07, 6.45) is 0. The van der Waals surface area contributed by atoms with E-state index in [-0.39, 0.29) is 12.4 Å². The Morgan fingerprint density at radius 2 is 2.05 bits per heavy atom. The summed E-state index contributed by atoms with van der Waals surface area (Å²) in [5, 5.41) is 0.447. The first-order chi connectivity index (χ1) is 10.5. The topological polar surface area (TPSA) is 59.2 Å². The van der Waals surface area contributed by atoms with Crippen LogP contribution in [0, 0.1) is 6.92 Å². The standard InChI is InChI=1S/C16H15Br2NO3/c1-3-22-16(21)14-9(2)13(12(8-17)19-14)15(20)10-5-4-6-11(18)7-10/h4-7,19H,3,8H2,1-2H3. The summed E-state index contributed by atoms with van der Waals surface area (Å²) in [5.41, 5.74) is 2.69. The average Bonchev–Trinajstić information content (AvgIpc) is 2.83. The Morgan fingerprint density at radius 3 is 2.64 bits per heavy atom. The molecule has 1 aromatic heterocycles. The molecule has 1 aromatic carbocycles. The second-order valence-electron chi connectivity index (χ2n) is 4.67. The van der Waals surface area contributed by atoms with Gasteiger partial charge in [-0.1, -0.05) is 44.0 Å². The monoisotopic (exact) mass is 427 g/mol. The van der Waals surface area contributed by atoms with Gasteiger partial charge in [-0.05, 0) is 31.5 Å². The van der Waals surface area contributed by atoms with Crippen LogP contribution in [0.1, 0.15) is 44.6 Å². The highest BCUT2D eigenvalue weighted by Crippen LogP contribution is 2.25. The van der Waals surface area contributed by atoms with E-state index in [1.807, 2.05) is 6.07 Å². The van der Waals surface area contributed by atoms with Gasteiger partial charge < -0.3 is 9.72 Å². The van der Waals surface area contributed by atoms with Crippen molar-refractivity contribution in [3.8, 4) is 0 Å². The number of aromatic nitrogens is 1. The summed E-state index contributed by atoms with van der Waals surface area (Å²) in [6.45, 7) is 3.78. The number of hydrogen-bond acceptors (Lipinski definition) is 3. The number of ether oxygens (including phenoxy) is 1. The molecule has 0 atom stereocenters. The van der Waals surface area contributed by atoms with Crippen molar-refractivity contribution < 1.29 is 14.3 Å². The molecule has 0 spiro atoms. The predicted molar refractivity (Wildman–Crippen MR) is 91.7 cm³/mol. The second-order valence-corrected chi connectivity index (χ2v) is 6.15. The van der Waals surface area contributed by atoms with Crippen molar-refractivity contribution in [1.82, 2.24) is 4.98 Å². The van der Waals surface area contributed by atoms with E-state index in [2.05, 4.69) is 36.8 Å². The molecular formula is C16H15Br2NO3. The molecule has 2 rings (SSSR count). The summed E-state index contributed by atoms with van der Waals surface area (Å²) < 4.78 is 5.85. The van der Waals surface area contributed by atoms with Crippen molar-refractivity contribution >= 4 is 43.6 Å². The Hall–Kier alpha value is -1.40. The molecule has 0 amide bonds. The van der Waals surface area contributed by atoms with Crippen LogP contribution in [0.25, 0.3) is 0 Å². The molecule has 0 saturated heterocycles. The van der Waals surface area contributed by atoms with Crippen LogP contribution in [0.2, 0.25) is 0 Å². The molecule has 0 aliphatic rings. The highest BCUT2D eigenvalue weighted by atomic mass is 79.9. The van der Waals surface area contributed by atoms with Crippen LogP contribution in [0.3, 0.4) is 0 Å². The molecule has 0 radical (unpaired) electrons. The van der Waals surface area contributed by atoms with Crippen LogP contribution in [0.4, 0.5) is 0 Å². The van der Waals surface area contributed by atoms with Crippen molar-refractivity contribution in [2.75, 3.05) is 6.61 Å². The van der Waals surface area contributed by atoms with Crippen LogP contribution in [0.15, 0.2) is 28.7 Å². The lowest BCUT2D eigenvalue weighted by Crippen LogP contribution is -2.08. The van der Waals surface area contributed by atoms with E-state index in [4.69, 9.17) is 4.74 Å². The zero-order chi connectivity index (χ0) is 16.3. The number of halogens is 2. The van der Waals surface area contributed by atoms with E-state index in [9.17, 15) is 9.59 Å². The normalized spacial score (nSPS) is 10.5. The fourth-order valence-electron chi connectivity index (χ4n) is 2.25. The zero-order valence-electron chi connectivity index (χ0n) is 12.2. The number of benzene rings is 1. The summed E-state index contributed by atoms with van der Waals surface area (Å²) in [4.78, 5) is 27.7. The van der Waals surface area contributed by atoms with Gasteiger partial charge in [0.25, 0.3) is 0 Å². The molecular weight excluding hydrogens is 414 g/mol. The third kappa shape index (κ3) is 3.33. The largest absolute Gasteiger partial charge is 0.461 e. The number of ketones is 1. The molecule has 1 N–H and O–H groups in total. The maximum absolute atomic E-state index is 12.8. The minimum atomic E-state index is -0.449. The lowest BCUT2D eigenvalue weighted by molar-refractivity contribution is 0.0519. The number of rotatable bonds is 5. The number of aromatic amines is 1. The number of hydrogen-bond donors (Lipinski definition) is 1. The van der Waals surface area contributed by atoms with Gasteiger partial charge in [0.1, 0.15) is 5.69 Å². The van der Waals surface area contributed by atoms with Gasteiger partial charge in [0.05, 0.1) is 6.61 Å². The highest BCUT2D eigenvalue weighted by Gasteiger charge is 2.24. The first-order valence-electron chi connectivity index (χ1n) is 6.74. The SMILES string of the molecule is CCOC(=O)c1[nH]c(CBr)c(C(=O)c2cccc(Br)c2)c1C. The molecule has 4 nitrogen and oxygen atoms in total. The van der Waals surface area contributed by atoms with Gasteiger partial charge in [0.2, 0.25) is 0 Å². The molecule has 0 saturated carbocycles. The number of carbonyl (C=O) groups is 2. The Balaban J connectivity index is 2.50. The Kier molecular flexibility index (Phi) is 5.58. The molecule has 0 aliphatic heterocycles. The fraction of sp³-hybridized carbons (Fsp3) is 0.250. The Bertz CT molecular complexity index is 722. The minimum absolute atomic E-state index is 0.125. The molecule has 6 heteroatoms. The molecule has 0 bridgehead atoms. The maximum Gasteiger partial charge on any atom is 0.355 e.